The minimum Gasteiger partial charge on any atom is -0.493 e. The Balaban J connectivity index is 1.44. The number of aliphatic hydroxyl groups excluding tert-OH is 1. The average Bonchev–Trinajstić information content (AvgIpc) is 2.91. The predicted molar refractivity (Wildman–Crippen MR) is 145 cm³/mol. The third-order valence-electron chi connectivity index (χ3n) is 6.95. The third kappa shape index (κ3) is 6.15. The first-order valence-electron chi connectivity index (χ1n) is 12.9. The van der Waals surface area contributed by atoms with Crippen LogP contribution < -0.4 is 25.4 Å². The van der Waals surface area contributed by atoms with Crippen molar-refractivity contribution in [3.63, 3.8) is 0 Å². The van der Waals surface area contributed by atoms with Gasteiger partial charge in [0.05, 0.1) is 25.7 Å². The average molecular weight is 519 g/mol. The van der Waals surface area contributed by atoms with E-state index >= 15 is 0 Å². The van der Waals surface area contributed by atoms with Crippen molar-refractivity contribution in [1.29, 1.82) is 0 Å². The zero-order chi connectivity index (χ0) is 26.5. The summed E-state index contributed by atoms with van der Waals surface area (Å²) in [6.07, 6.45) is 2.05. The zero-order valence-corrected chi connectivity index (χ0v) is 21.7. The SMILES string of the molecule is COc1ccc2cc1OCCCNC(=O)C1CN(CCC1O)Cc1ccc(C)c(c1)Nc1cc(ncn1)N2. The van der Waals surface area contributed by atoms with E-state index in [1.54, 1.807) is 7.11 Å². The molecule has 3 unspecified atom stereocenters. The summed E-state index contributed by atoms with van der Waals surface area (Å²) < 4.78 is 11.4. The zero-order valence-electron chi connectivity index (χ0n) is 21.7. The number of carbonyl (C=O) groups is 1. The molecular formula is C28H34N6O4. The third-order valence-corrected chi connectivity index (χ3v) is 6.95. The number of ether oxygens (including phenoxy) is 2. The fraction of sp³-hybridized carbons (Fsp3) is 0.393. The van der Waals surface area contributed by atoms with Gasteiger partial charge in [-0.3, -0.25) is 9.69 Å². The first-order valence-corrected chi connectivity index (χ1v) is 12.9. The smallest absolute Gasteiger partial charge is 0.227 e. The molecule has 3 heterocycles. The van der Waals surface area contributed by atoms with Gasteiger partial charge in [-0.2, -0.15) is 0 Å². The quantitative estimate of drug-likeness (QED) is 0.384. The van der Waals surface area contributed by atoms with E-state index < -0.39 is 12.0 Å². The first kappa shape index (κ1) is 25.7. The number of fused-ring (bicyclic) bond motifs is 8. The van der Waals surface area contributed by atoms with Crippen LogP contribution in [-0.4, -0.2) is 65.3 Å². The van der Waals surface area contributed by atoms with Crippen LogP contribution in [0.25, 0.3) is 0 Å². The van der Waals surface area contributed by atoms with Crippen LogP contribution >= 0.6 is 0 Å². The van der Waals surface area contributed by atoms with Gasteiger partial charge in [0.1, 0.15) is 18.0 Å². The Morgan fingerprint density at radius 3 is 2.79 bits per heavy atom. The Bertz CT molecular complexity index is 1290. The maximum atomic E-state index is 12.9. The number of piperidine rings is 1. The van der Waals surface area contributed by atoms with Crippen LogP contribution in [0.3, 0.4) is 0 Å². The summed E-state index contributed by atoms with van der Waals surface area (Å²) in [4.78, 5) is 23.9. The van der Waals surface area contributed by atoms with E-state index in [9.17, 15) is 9.90 Å². The Morgan fingerprint density at radius 1 is 1.11 bits per heavy atom. The molecule has 1 aromatic heterocycles. The maximum absolute atomic E-state index is 12.9. The number of carbonyl (C=O) groups excluding carboxylic acids is 1. The van der Waals surface area contributed by atoms with Crippen LogP contribution in [0.1, 0.15) is 24.0 Å². The first-order chi connectivity index (χ1) is 18.5. The van der Waals surface area contributed by atoms with Crippen LogP contribution in [0.2, 0.25) is 0 Å². The molecular weight excluding hydrogens is 484 g/mol. The molecule has 0 radical (unpaired) electrons. The number of nitrogens with one attached hydrogen (secondary N) is 3. The van der Waals surface area contributed by atoms with Crippen molar-refractivity contribution in [2.24, 2.45) is 5.92 Å². The number of aromatic nitrogens is 2. The Labute approximate surface area is 222 Å². The number of rotatable bonds is 1. The molecule has 5 rings (SSSR count). The summed E-state index contributed by atoms with van der Waals surface area (Å²) in [5, 5.41) is 20.3. The minimum atomic E-state index is -0.647. The molecule has 200 valence electrons. The van der Waals surface area contributed by atoms with Gasteiger partial charge in [-0.25, -0.2) is 9.97 Å². The van der Waals surface area contributed by atoms with Crippen molar-refractivity contribution in [3.8, 4) is 11.5 Å². The largest absolute Gasteiger partial charge is 0.493 e. The lowest BCUT2D eigenvalue weighted by Crippen LogP contribution is -2.49. The van der Waals surface area contributed by atoms with Crippen molar-refractivity contribution in [2.75, 3.05) is 44.0 Å². The molecule has 3 aromatic rings. The van der Waals surface area contributed by atoms with Gasteiger partial charge in [-0.15, -0.1) is 0 Å². The van der Waals surface area contributed by atoms with Crippen LogP contribution in [0.15, 0.2) is 48.8 Å². The topological polar surface area (TPSA) is 121 Å². The molecule has 10 heteroatoms. The summed E-state index contributed by atoms with van der Waals surface area (Å²) in [6, 6.07) is 13.7. The number of benzene rings is 2. The maximum Gasteiger partial charge on any atom is 0.227 e. The van der Waals surface area contributed by atoms with Gasteiger partial charge in [0.15, 0.2) is 11.5 Å². The lowest BCUT2D eigenvalue weighted by molar-refractivity contribution is -0.131. The highest BCUT2D eigenvalue weighted by molar-refractivity contribution is 5.79. The van der Waals surface area contributed by atoms with E-state index in [4.69, 9.17) is 9.47 Å². The minimum absolute atomic E-state index is 0.124. The van der Waals surface area contributed by atoms with Gasteiger partial charge >= 0.3 is 0 Å². The summed E-state index contributed by atoms with van der Waals surface area (Å²) in [7, 11) is 1.60. The van der Waals surface area contributed by atoms with Gasteiger partial charge in [-0.1, -0.05) is 12.1 Å². The predicted octanol–water partition coefficient (Wildman–Crippen LogP) is 3.36. The molecule has 2 aromatic carbocycles. The van der Waals surface area contributed by atoms with Crippen molar-refractivity contribution in [1.82, 2.24) is 20.2 Å². The van der Waals surface area contributed by atoms with E-state index in [2.05, 4.69) is 49.0 Å². The van der Waals surface area contributed by atoms with Crippen molar-refractivity contribution >= 4 is 28.9 Å². The number of aliphatic hydroxyl groups is 1. The molecule has 10 nitrogen and oxygen atoms in total. The highest BCUT2D eigenvalue weighted by Crippen LogP contribution is 2.32. The fourth-order valence-corrected chi connectivity index (χ4v) is 4.81. The molecule has 0 spiro atoms. The van der Waals surface area contributed by atoms with Crippen LogP contribution in [0.4, 0.5) is 23.0 Å². The standard InChI is InChI=1S/C28H34N6O4/c1-18-4-5-19-12-22(18)33-27-14-26(30-17-31-27)32-20-6-7-24(37-2)25(13-20)38-11-3-9-29-28(36)21-16-34(15-19)10-8-23(21)35/h4-7,12-14,17,21,23,35H,3,8-11,15-16H2,1-2H3,(H,29,36)(H2,30,31,32,33). The molecule has 3 atom stereocenters. The van der Waals surface area contributed by atoms with Crippen LogP contribution in [0.5, 0.6) is 11.5 Å². The van der Waals surface area contributed by atoms with Gasteiger partial charge in [0.25, 0.3) is 0 Å². The van der Waals surface area contributed by atoms with Crippen molar-refractivity contribution in [3.05, 3.63) is 59.9 Å². The van der Waals surface area contributed by atoms with Crippen molar-refractivity contribution < 1.29 is 19.4 Å². The Morgan fingerprint density at radius 2 is 1.95 bits per heavy atom. The van der Waals surface area contributed by atoms with E-state index in [-0.39, 0.29) is 5.91 Å². The second kappa shape index (κ2) is 11.7. The van der Waals surface area contributed by atoms with Crippen LogP contribution in [-0.2, 0) is 11.3 Å². The molecule has 2 aliphatic rings. The fourth-order valence-electron chi connectivity index (χ4n) is 4.81. The number of anilines is 4. The second-order valence-electron chi connectivity index (χ2n) is 9.74. The molecule has 2 aliphatic heterocycles. The summed E-state index contributed by atoms with van der Waals surface area (Å²) in [5.41, 5.74) is 3.95. The summed E-state index contributed by atoms with van der Waals surface area (Å²) in [5.74, 6) is 1.91. The molecule has 1 fully saturated rings. The number of aryl methyl sites for hydroxylation is 1. The van der Waals surface area contributed by atoms with E-state index in [0.29, 0.717) is 62.2 Å². The second-order valence-corrected chi connectivity index (χ2v) is 9.74. The Hall–Kier alpha value is -3.89. The highest BCUT2D eigenvalue weighted by atomic mass is 16.5. The molecule has 1 saturated heterocycles. The molecule has 38 heavy (non-hydrogen) atoms. The number of methoxy groups -OCH3 is 1. The normalized spacial score (nSPS) is 22.0. The number of hydrogen-bond acceptors (Lipinski definition) is 9. The molecule has 4 N–H and O–H groups in total. The van der Waals surface area contributed by atoms with E-state index in [0.717, 1.165) is 29.0 Å². The number of hydrogen-bond donors (Lipinski definition) is 4. The summed E-state index contributed by atoms with van der Waals surface area (Å²) >= 11 is 0. The van der Waals surface area contributed by atoms with E-state index in [1.165, 1.54) is 6.33 Å². The lowest BCUT2D eigenvalue weighted by atomic mass is 9.93. The Kier molecular flexibility index (Phi) is 7.90. The molecule has 8 bridgehead atoms. The van der Waals surface area contributed by atoms with Crippen LogP contribution in [0, 0.1) is 12.8 Å². The lowest BCUT2D eigenvalue weighted by Gasteiger charge is -2.35. The number of nitrogens with zero attached hydrogens (tertiary/aromatic N) is 3. The van der Waals surface area contributed by atoms with E-state index in [1.807, 2.05) is 31.2 Å². The molecule has 0 aliphatic carbocycles. The van der Waals surface area contributed by atoms with Gasteiger partial charge < -0.3 is 30.5 Å². The number of amides is 1. The van der Waals surface area contributed by atoms with Gasteiger partial charge in [0.2, 0.25) is 5.91 Å². The van der Waals surface area contributed by atoms with Crippen molar-refractivity contribution in [2.45, 2.75) is 32.4 Å². The molecule has 1 amide bonds. The highest BCUT2D eigenvalue weighted by Gasteiger charge is 2.33. The molecule has 0 saturated carbocycles. The van der Waals surface area contributed by atoms with Gasteiger partial charge in [-0.05, 0) is 49.1 Å². The van der Waals surface area contributed by atoms with Gasteiger partial charge in [0, 0.05) is 49.7 Å². The summed E-state index contributed by atoms with van der Waals surface area (Å²) in [6.45, 7) is 4.83. The monoisotopic (exact) mass is 518 g/mol.